The summed E-state index contributed by atoms with van der Waals surface area (Å²) in [5.74, 6) is 1.57. The number of ether oxygens (including phenoxy) is 1. The highest BCUT2D eigenvalue weighted by Crippen LogP contribution is 2.38. The summed E-state index contributed by atoms with van der Waals surface area (Å²) in [6, 6.07) is 25.7. The first-order valence-corrected chi connectivity index (χ1v) is 11.9. The Bertz CT molecular complexity index is 1290. The van der Waals surface area contributed by atoms with E-state index >= 15 is 0 Å². The van der Waals surface area contributed by atoms with Crippen molar-refractivity contribution in [1.82, 2.24) is 14.8 Å². The molecule has 2 N–H and O–H groups in total. The Morgan fingerprint density at radius 1 is 1.06 bits per heavy atom. The van der Waals surface area contributed by atoms with Crippen LogP contribution in [0.2, 0.25) is 5.02 Å². The molecule has 1 aliphatic rings. The van der Waals surface area contributed by atoms with E-state index in [1.807, 2.05) is 83.5 Å². The Kier molecular flexibility index (Phi) is 6.68. The lowest BCUT2D eigenvalue weighted by Crippen LogP contribution is -2.28. The number of anilines is 2. The quantitative estimate of drug-likeness (QED) is 0.351. The van der Waals surface area contributed by atoms with Gasteiger partial charge >= 0.3 is 0 Å². The summed E-state index contributed by atoms with van der Waals surface area (Å²) < 4.78 is 7.17. The van der Waals surface area contributed by atoms with Gasteiger partial charge < -0.3 is 10.1 Å². The Balaban J connectivity index is 1.38. The number of hydrogen-bond acceptors (Lipinski definition) is 5. The predicted octanol–water partition coefficient (Wildman–Crippen LogP) is 5.66. The molecule has 0 saturated heterocycles. The first kappa shape index (κ1) is 22.9. The van der Waals surface area contributed by atoms with Gasteiger partial charge in [0.1, 0.15) is 5.75 Å². The number of hydrogen-bond donors (Lipinski definition) is 2. The highest BCUT2D eigenvalue weighted by molar-refractivity contribution is 6.30. The van der Waals surface area contributed by atoms with E-state index in [-0.39, 0.29) is 18.0 Å². The highest BCUT2D eigenvalue weighted by Gasteiger charge is 2.31. The van der Waals surface area contributed by atoms with Crippen LogP contribution in [0.25, 0.3) is 0 Å². The van der Waals surface area contributed by atoms with E-state index in [1.165, 1.54) is 0 Å². The molecule has 5 rings (SSSR count). The van der Waals surface area contributed by atoms with E-state index in [4.69, 9.17) is 16.3 Å². The number of aromatic nitrogens is 3. The molecule has 1 aliphatic heterocycles. The average Bonchev–Trinajstić information content (AvgIpc) is 3.30. The number of halogens is 1. The SMILES string of the molecule is COc1ccc([C@H]2C[C@H](c3ccc(Cl)cc3)Nc3nc(NC(=O)CCc4ccccc4)nn32)cc1. The number of methoxy groups -OCH3 is 1. The molecule has 0 radical (unpaired) electrons. The molecule has 0 unspecified atom stereocenters. The second-order valence-electron chi connectivity index (χ2n) is 8.51. The first-order chi connectivity index (χ1) is 17.1. The summed E-state index contributed by atoms with van der Waals surface area (Å²) in [5.41, 5.74) is 3.31. The third kappa shape index (κ3) is 5.30. The number of nitrogens with zero attached hydrogens (tertiary/aromatic N) is 3. The van der Waals surface area contributed by atoms with Crippen molar-refractivity contribution in [2.24, 2.45) is 0 Å². The summed E-state index contributed by atoms with van der Waals surface area (Å²) >= 11 is 6.10. The Morgan fingerprint density at radius 3 is 2.49 bits per heavy atom. The zero-order valence-corrected chi connectivity index (χ0v) is 20.1. The van der Waals surface area contributed by atoms with E-state index in [2.05, 4.69) is 20.7 Å². The fourth-order valence-corrected chi connectivity index (χ4v) is 4.46. The van der Waals surface area contributed by atoms with Crippen LogP contribution in [0.3, 0.4) is 0 Å². The number of rotatable bonds is 7. The fourth-order valence-electron chi connectivity index (χ4n) is 4.34. The van der Waals surface area contributed by atoms with Crippen molar-refractivity contribution in [3.63, 3.8) is 0 Å². The minimum absolute atomic E-state index is 0.0118. The third-order valence-corrected chi connectivity index (χ3v) is 6.45. The van der Waals surface area contributed by atoms with Crippen molar-refractivity contribution in [1.29, 1.82) is 0 Å². The number of nitrogens with one attached hydrogen (secondary N) is 2. The van der Waals surface area contributed by atoms with Crippen molar-refractivity contribution in [2.75, 3.05) is 17.7 Å². The summed E-state index contributed by atoms with van der Waals surface area (Å²) in [6.45, 7) is 0. The van der Waals surface area contributed by atoms with Gasteiger partial charge in [-0.2, -0.15) is 4.98 Å². The largest absolute Gasteiger partial charge is 0.497 e. The molecule has 2 atom stereocenters. The van der Waals surface area contributed by atoms with Crippen LogP contribution in [0.15, 0.2) is 78.9 Å². The lowest BCUT2D eigenvalue weighted by molar-refractivity contribution is -0.116. The van der Waals surface area contributed by atoms with Crippen molar-refractivity contribution in [2.45, 2.75) is 31.3 Å². The normalized spacial score (nSPS) is 16.7. The zero-order chi connectivity index (χ0) is 24.2. The molecule has 7 nitrogen and oxygen atoms in total. The van der Waals surface area contributed by atoms with Crippen LogP contribution >= 0.6 is 11.6 Å². The number of benzene rings is 3. The van der Waals surface area contributed by atoms with Crippen molar-refractivity contribution >= 4 is 29.4 Å². The lowest BCUT2D eigenvalue weighted by Gasteiger charge is -2.31. The topological polar surface area (TPSA) is 81.1 Å². The van der Waals surface area contributed by atoms with Crippen LogP contribution in [0.4, 0.5) is 11.9 Å². The molecule has 2 heterocycles. The maximum Gasteiger partial charge on any atom is 0.250 e. The van der Waals surface area contributed by atoms with Crippen molar-refractivity contribution in [3.8, 4) is 5.75 Å². The second kappa shape index (κ2) is 10.2. The summed E-state index contributed by atoms with van der Waals surface area (Å²) in [6.07, 6.45) is 1.77. The molecule has 4 aromatic rings. The molecule has 3 aromatic carbocycles. The molecule has 0 saturated carbocycles. The van der Waals surface area contributed by atoms with Gasteiger partial charge in [0.05, 0.1) is 19.2 Å². The standard InChI is InChI=1S/C27H26ClN5O2/c1-35-22-14-10-20(11-15-22)24-17-23(19-8-12-21(28)13-9-19)29-27-31-26(32-33(24)27)30-25(34)16-7-18-5-3-2-4-6-18/h2-6,8-15,23-24H,7,16-17H2,1H3,(H2,29,30,31,32,34)/t23-,24-/m1/s1. The number of carbonyl (C=O) groups is 1. The summed E-state index contributed by atoms with van der Waals surface area (Å²) in [7, 11) is 1.65. The van der Waals surface area contributed by atoms with Crippen LogP contribution in [0.5, 0.6) is 5.75 Å². The monoisotopic (exact) mass is 487 g/mol. The molecule has 0 aliphatic carbocycles. The van der Waals surface area contributed by atoms with Gasteiger partial charge in [-0.3, -0.25) is 10.1 Å². The minimum Gasteiger partial charge on any atom is -0.497 e. The smallest absolute Gasteiger partial charge is 0.250 e. The molecule has 178 valence electrons. The molecule has 0 bridgehead atoms. The maximum absolute atomic E-state index is 12.6. The zero-order valence-electron chi connectivity index (χ0n) is 19.3. The van der Waals surface area contributed by atoms with Gasteiger partial charge in [-0.25, -0.2) is 4.68 Å². The molecule has 1 aromatic heterocycles. The van der Waals surface area contributed by atoms with Crippen LogP contribution in [-0.4, -0.2) is 27.8 Å². The van der Waals surface area contributed by atoms with Crippen LogP contribution in [0.1, 0.15) is 41.6 Å². The Morgan fingerprint density at radius 2 is 1.77 bits per heavy atom. The number of carbonyl (C=O) groups excluding carboxylic acids is 1. The molecular weight excluding hydrogens is 462 g/mol. The predicted molar refractivity (Wildman–Crippen MR) is 137 cm³/mol. The average molecular weight is 488 g/mol. The van der Waals surface area contributed by atoms with E-state index < -0.39 is 0 Å². The van der Waals surface area contributed by atoms with Gasteiger partial charge in [-0.05, 0) is 53.8 Å². The van der Waals surface area contributed by atoms with Gasteiger partial charge in [-0.15, -0.1) is 5.10 Å². The number of aryl methyl sites for hydroxylation is 1. The third-order valence-electron chi connectivity index (χ3n) is 6.20. The summed E-state index contributed by atoms with van der Waals surface area (Å²) in [5, 5.41) is 11.7. The van der Waals surface area contributed by atoms with Gasteiger partial charge in [0.15, 0.2) is 0 Å². The maximum atomic E-state index is 12.6. The minimum atomic E-state index is -0.118. The van der Waals surface area contributed by atoms with E-state index in [9.17, 15) is 4.79 Å². The van der Waals surface area contributed by atoms with E-state index in [1.54, 1.807) is 7.11 Å². The highest BCUT2D eigenvalue weighted by atomic mass is 35.5. The second-order valence-corrected chi connectivity index (χ2v) is 8.95. The van der Waals surface area contributed by atoms with E-state index in [0.717, 1.165) is 28.9 Å². The van der Waals surface area contributed by atoms with Crippen LogP contribution in [0, 0.1) is 0 Å². The number of amides is 1. The Labute approximate surface area is 209 Å². The summed E-state index contributed by atoms with van der Waals surface area (Å²) in [4.78, 5) is 17.2. The van der Waals surface area contributed by atoms with Gasteiger partial charge in [0, 0.05) is 11.4 Å². The molecule has 0 fully saturated rings. The van der Waals surface area contributed by atoms with E-state index in [0.29, 0.717) is 29.8 Å². The molecule has 35 heavy (non-hydrogen) atoms. The molecular formula is C27H26ClN5O2. The van der Waals surface area contributed by atoms with Gasteiger partial charge in [-0.1, -0.05) is 66.2 Å². The van der Waals surface area contributed by atoms with Gasteiger partial charge in [0.2, 0.25) is 11.9 Å². The molecule has 1 amide bonds. The Hall–Kier alpha value is -3.84. The number of fused-ring (bicyclic) bond motifs is 1. The first-order valence-electron chi connectivity index (χ1n) is 11.6. The fraction of sp³-hybridized carbons (Fsp3) is 0.222. The van der Waals surface area contributed by atoms with Crippen LogP contribution in [-0.2, 0) is 11.2 Å². The van der Waals surface area contributed by atoms with Crippen molar-refractivity contribution < 1.29 is 9.53 Å². The van der Waals surface area contributed by atoms with Crippen molar-refractivity contribution in [3.05, 3.63) is 101 Å². The van der Waals surface area contributed by atoms with Crippen LogP contribution < -0.4 is 15.4 Å². The molecule has 0 spiro atoms. The lowest BCUT2D eigenvalue weighted by atomic mass is 9.93. The van der Waals surface area contributed by atoms with Gasteiger partial charge in [0.25, 0.3) is 5.95 Å². The molecule has 8 heteroatoms.